The largest absolute Gasteiger partial charge is 0.348 e. The second-order valence-corrected chi connectivity index (χ2v) is 9.71. The van der Waals surface area contributed by atoms with Crippen molar-refractivity contribution >= 4 is 27.3 Å². The van der Waals surface area contributed by atoms with E-state index in [1.54, 1.807) is 25.2 Å². The standard InChI is InChI=1S/C21H23N3O3S2/c1-14(2)24-29(26,27)19-10-8-18(9-11-19)21(25)22-12-16-4-6-17(7-5-16)20-13-28-15(3)23-20/h4-11,13-14,24H,12H2,1-3H3,(H,22,25). The molecule has 1 aromatic heterocycles. The summed E-state index contributed by atoms with van der Waals surface area (Å²) in [5.74, 6) is -0.259. The number of carbonyl (C=O) groups is 1. The van der Waals surface area contributed by atoms with E-state index in [-0.39, 0.29) is 16.8 Å². The zero-order valence-electron chi connectivity index (χ0n) is 16.5. The molecule has 0 aliphatic rings. The minimum Gasteiger partial charge on any atom is -0.348 e. The molecule has 2 N–H and O–H groups in total. The van der Waals surface area contributed by atoms with Crippen LogP contribution in [0.25, 0.3) is 11.3 Å². The van der Waals surface area contributed by atoms with Gasteiger partial charge in [0.2, 0.25) is 10.0 Å². The molecule has 8 heteroatoms. The zero-order valence-corrected chi connectivity index (χ0v) is 18.1. The van der Waals surface area contributed by atoms with Crippen LogP contribution in [0, 0.1) is 6.92 Å². The summed E-state index contributed by atoms with van der Waals surface area (Å²) in [4.78, 5) is 17.0. The highest BCUT2D eigenvalue weighted by Crippen LogP contribution is 2.21. The number of amides is 1. The monoisotopic (exact) mass is 429 g/mol. The summed E-state index contributed by atoms with van der Waals surface area (Å²) in [6.45, 7) is 5.86. The zero-order chi connectivity index (χ0) is 21.0. The average Bonchev–Trinajstić information content (AvgIpc) is 3.12. The number of aryl methyl sites for hydroxylation is 1. The van der Waals surface area contributed by atoms with Crippen LogP contribution in [0.3, 0.4) is 0 Å². The van der Waals surface area contributed by atoms with Gasteiger partial charge in [-0.15, -0.1) is 11.3 Å². The number of hydrogen-bond acceptors (Lipinski definition) is 5. The lowest BCUT2D eigenvalue weighted by molar-refractivity contribution is 0.0951. The molecule has 0 saturated carbocycles. The minimum atomic E-state index is -3.57. The highest BCUT2D eigenvalue weighted by Gasteiger charge is 2.16. The van der Waals surface area contributed by atoms with Crippen LogP contribution in [0.1, 0.15) is 34.8 Å². The first-order chi connectivity index (χ1) is 13.7. The van der Waals surface area contributed by atoms with Crippen LogP contribution in [-0.4, -0.2) is 25.4 Å². The Morgan fingerprint density at radius 3 is 2.28 bits per heavy atom. The number of nitrogens with one attached hydrogen (secondary N) is 2. The quantitative estimate of drug-likeness (QED) is 0.599. The molecular weight excluding hydrogens is 406 g/mol. The fourth-order valence-corrected chi connectivity index (χ4v) is 4.61. The molecule has 0 aliphatic heterocycles. The van der Waals surface area contributed by atoms with Crippen LogP contribution in [-0.2, 0) is 16.6 Å². The lowest BCUT2D eigenvalue weighted by atomic mass is 10.1. The van der Waals surface area contributed by atoms with Crippen molar-refractivity contribution in [3.63, 3.8) is 0 Å². The van der Waals surface area contributed by atoms with Gasteiger partial charge in [-0.2, -0.15) is 0 Å². The Bertz CT molecular complexity index is 1090. The third kappa shape index (κ3) is 5.50. The van der Waals surface area contributed by atoms with Crippen molar-refractivity contribution < 1.29 is 13.2 Å². The van der Waals surface area contributed by atoms with Crippen LogP contribution < -0.4 is 10.0 Å². The normalized spacial score (nSPS) is 11.6. The van der Waals surface area contributed by atoms with E-state index in [9.17, 15) is 13.2 Å². The number of thiazole rings is 1. The van der Waals surface area contributed by atoms with Gasteiger partial charge in [0.05, 0.1) is 15.6 Å². The van der Waals surface area contributed by atoms with E-state index in [4.69, 9.17) is 0 Å². The molecule has 1 heterocycles. The molecule has 0 unspecified atom stereocenters. The molecule has 0 spiro atoms. The maximum Gasteiger partial charge on any atom is 0.251 e. The van der Waals surface area contributed by atoms with E-state index < -0.39 is 10.0 Å². The molecule has 0 radical (unpaired) electrons. The lowest BCUT2D eigenvalue weighted by Gasteiger charge is -2.10. The van der Waals surface area contributed by atoms with Crippen LogP contribution in [0.5, 0.6) is 0 Å². The van der Waals surface area contributed by atoms with Crippen LogP contribution in [0.2, 0.25) is 0 Å². The first-order valence-corrected chi connectivity index (χ1v) is 11.5. The molecule has 1 amide bonds. The number of sulfonamides is 1. The molecule has 6 nitrogen and oxygen atoms in total. The Morgan fingerprint density at radius 1 is 1.07 bits per heavy atom. The smallest absolute Gasteiger partial charge is 0.251 e. The van der Waals surface area contributed by atoms with E-state index in [1.807, 2.05) is 36.6 Å². The maximum absolute atomic E-state index is 12.4. The molecule has 3 rings (SSSR count). The number of aromatic nitrogens is 1. The molecule has 2 aromatic carbocycles. The molecule has 29 heavy (non-hydrogen) atoms. The van der Waals surface area contributed by atoms with Crippen molar-refractivity contribution in [3.05, 3.63) is 70.0 Å². The van der Waals surface area contributed by atoms with Gasteiger partial charge < -0.3 is 5.32 Å². The number of nitrogens with zero attached hydrogens (tertiary/aromatic N) is 1. The van der Waals surface area contributed by atoms with Gasteiger partial charge in [-0.25, -0.2) is 18.1 Å². The van der Waals surface area contributed by atoms with Crippen molar-refractivity contribution in [1.29, 1.82) is 0 Å². The second kappa shape index (κ2) is 8.86. The summed E-state index contributed by atoms with van der Waals surface area (Å²) in [5, 5.41) is 5.90. The fourth-order valence-electron chi connectivity index (χ4n) is 2.74. The van der Waals surface area contributed by atoms with E-state index in [1.165, 1.54) is 24.3 Å². The maximum atomic E-state index is 12.4. The summed E-state index contributed by atoms with van der Waals surface area (Å²) in [7, 11) is -3.57. The topological polar surface area (TPSA) is 88.2 Å². The molecule has 3 aromatic rings. The first-order valence-electron chi connectivity index (χ1n) is 9.16. The number of carbonyl (C=O) groups excluding carboxylic acids is 1. The SMILES string of the molecule is Cc1nc(-c2ccc(CNC(=O)c3ccc(S(=O)(=O)NC(C)C)cc3)cc2)cs1. The van der Waals surface area contributed by atoms with Crippen LogP contribution in [0.15, 0.2) is 58.8 Å². The first kappa shape index (κ1) is 21.2. The number of hydrogen-bond donors (Lipinski definition) is 2. The van der Waals surface area contributed by atoms with Gasteiger partial charge in [-0.05, 0) is 50.6 Å². The molecule has 0 saturated heterocycles. The summed E-state index contributed by atoms with van der Waals surface area (Å²) < 4.78 is 26.8. The Hall–Kier alpha value is -2.55. The molecule has 0 atom stereocenters. The summed E-state index contributed by atoms with van der Waals surface area (Å²) in [5.41, 5.74) is 3.36. The van der Waals surface area contributed by atoms with E-state index in [2.05, 4.69) is 15.0 Å². The van der Waals surface area contributed by atoms with Gasteiger partial charge in [0.1, 0.15) is 0 Å². The van der Waals surface area contributed by atoms with Crippen molar-refractivity contribution in [2.75, 3.05) is 0 Å². The highest BCUT2D eigenvalue weighted by molar-refractivity contribution is 7.89. The Balaban J connectivity index is 1.60. The highest BCUT2D eigenvalue weighted by atomic mass is 32.2. The molecule has 0 fully saturated rings. The summed E-state index contributed by atoms with van der Waals surface area (Å²) >= 11 is 1.61. The Kier molecular flexibility index (Phi) is 6.46. The molecular formula is C21H23N3O3S2. The molecule has 152 valence electrons. The number of rotatable bonds is 7. The van der Waals surface area contributed by atoms with Crippen LogP contribution >= 0.6 is 11.3 Å². The van der Waals surface area contributed by atoms with Gasteiger partial charge in [0.25, 0.3) is 5.91 Å². The summed E-state index contributed by atoms with van der Waals surface area (Å²) in [6, 6.07) is 13.6. The van der Waals surface area contributed by atoms with Gasteiger partial charge >= 0.3 is 0 Å². The van der Waals surface area contributed by atoms with Crippen molar-refractivity contribution in [2.45, 2.75) is 38.3 Å². The van der Waals surface area contributed by atoms with Crippen molar-refractivity contribution in [1.82, 2.24) is 15.0 Å². The Morgan fingerprint density at radius 2 is 1.72 bits per heavy atom. The second-order valence-electron chi connectivity index (χ2n) is 6.93. The molecule has 0 bridgehead atoms. The average molecular weight is 430 g/mol. The third-order valence-electron chi connectivity index (χ3n) is 4.14. The molecule has 0 aliphatic carbocycles. The van der Waals surface area contributed by atoms with Gasteiger partial charge in [-0.1, -0.05) is 24.3 Å². The minimum absolute atomic E-state index is 0.135. The Labute approximate surface area is 175 Å². The van der Waals surface area contributed by atoms with Crippen molar-refractivity contribution in [2.24, 2.45) is 0 Å². The van der Waals surface area contributed by atoms with Gasteiger partial charge in [0, 0.05) is 29.1 Å². The fraction of sp³-hybridized carbons (Fsp3) is 0.238. The third-order valence-corrected chi connectivity index (χ3v) is 6.59. The lowest BCUT2D eigenvalue weighted by Crippen LogP contribution is -2.30. The summed E-state index contributed by atoms with van der Waals surface area (Å²) in [6.07, 6.45) is 0. The van der Waals surface area contributed by atoms with Crippen LogP contribution in [0.4, 0.5) is 0 Å². The van der Waals surface area contributed by atoms with E-state index in [0.29, 0.717) is 12.1 Å². The van der Waals surface area contributed by atoms with E-state index in [0.717, 1.165) is 21.8 Å². The number of benzene rings is 2. The predicted octanol–water partition coefficient (Wildman–Crippen LogP) is 3.74. The van der Waals surface area contributed by atoms with Gasteiger partial charge in [0.15, 0.2) is 0 Å². The van der Waals surface area contributed by atoms with E-state index >= 15 is 0 Å². The van der Waals surface area contributed by atoms with Crippen molar-refractivity contribution in [3.8, 4) is 11.3 Å². The van der Waals surface area contributed by atoms with Gasteiger partial charge in [-0.3, -0.25) is 4.79 Å². The predicted molar refractivity (Wildman–Crippen MR) is 115 cm³/mol.